The first-order valence-electron chi connectivity index (χ1n) is 4.35. The third kappa shape index (κ3) is 1.20. The number of benzene rings is 1. The van der Waals surface area contributed by atoms with Gasteiger partial charge in [0, 0.05) is 22.4 Å². The topological polar surface area (TPSA) is 22.0 Å². The van der Waals surface area contributed by atoms with Crippen molar-refractivity contribution in [3.8, 4) is 0 Å². The van der Waals surface area contributed by atoms with Crippen LogP contribution in [0.4, 0.5) is 0 Å². The molecule has 0 fully saturated rings. The summed E-state index contributed by atoms with van der Waals surface area (Å²) >= 11 is 3.42. The third-order valence-electron chi connectivity index (χ3n) is 2.58. The minimum Gasteiger partial charge on any atom is -0.341 e. The second-order valence-corrected chi connectivity index (χ2v) is 4.26. The molecule has 0 bridgehead atoms. The highest BCUT2D eigenvalue weighted by atomic mass is 79.9. The second-order valence-electron chi connectivity index (χ2n) is 3.35. The molecule has 0 N–H and O–H groups in total. The zero-order chi connectivity index (χ0) is 10.3. The number of carbonyl (C=O) groups excluding carboxylic acids is 1. The number of hydrogen-bond donors (Lipinski definition) is 0. The van der Waals surface area contributed by atoms with Gasteiger partial charge >= 0.3 is 0 Å². The Labute approximate surface area is 90.7 Å². The average molecular weight is 252 g/mol. The van der Waals surface area contributed by atoms with E-state index in [-0.39, 0.29) is 0 Å². The molecule has 0 radical (unpaired) electrons. The maximum atomic E-state index is 10.9. The SMILES string of the molecule is Cc1c(C=O)n(C)c2ccc(Br)cc12. The van der Waals surface area contributed by atoms with Gasteiger partial charge in [-0.3, -0.25) is 4.79 Å². The van der Waals surface area contributed by atoms with Gasteiger partial charge in [0.05, 0.1) is 5.69 Å². The molecule has 14 heavy (non-hydrogen) atoms. The highest BCUT2D eigenvalue weighted by molar-refractivity contribution is 9.10. The van der Waals surface area contributed by atoms with Gasteiger partial charge < -0.3 is 4.57 Å². The Morgan fingerprint density at radius 2 is 2.14 bits per heavy atom. The quantitative estimate of drug-likeness (QED) is 0.715. The normalized spacial score (nSPS) is 10.8. The molecule has 2 nitrogen and oxygen atoms in total. The summed E-state index contributed by atoms with van der Waals surface area (Å²) in [5, 5.41) is 1.13. The molecular weight excluding hydrogens is 242 g/mol. The van der Waals surface area contributed by atoms with Crippen molar-refractivity contribution in [1.82, 2.24) is 4.57 Å². The minimum absolute atomic E-state index is 0.748. The molecule has 0 aliphatic rings. The summed E-state index contributed by atoms with van der Waals surface area (Å²) in [5.74, 6) is 0. The summed E-state index contributed by atoms with van der Waals surface area (Å²) in [6.45, 7) is 1.97. The lowest BCUT2D eigenvalue weighted by Crippen LogP contribution is -1.94. The zero-order valence-corrected chi connectivity index (χ0v) is 9.63. The van der Waals surface area contributed by atoms with Gasteiger partial charge in [-0.1, -0.05) is 15.9 Å². The van der Waals surface area contributed by atoms with Crippen molar-refractivity contribution < 1.29 is 4.79 Å². The number of aryl methyl sites for hydroxylation is 2. The predicted octanol–water partition coefficient (Wildman–Crippen LogP) is 3.06. The molecule has 0 atom stereocenters. The monoisotopic (exact) mass is 251 g/mol. The van der Waals surface area contributed by atoms with Crippen LogP contribution in [0.25, 0.3) is 10.9 Å². The van der Waals surface area contributed by atoms with E-state index in [0.717, 1.165) is 32.9 Å². The molecule has 1 heterocycles. The van der Waals surface area contributed by atoms with Crippen molar-refractivity contribution in [1.29, 1.82) is 0 Å². The van der Waals surface area contributed by atoms with Crippen molar-refractivity contribution in [2.75, 3.05) is 0 Å². The van der Waals surface area contributed by atoms with Crippen molar-refractivity contribution in [2.24, 2.45) is 7.05 Å². The fourth-order valence-electron chi connectivity index (χ4n) is 1.79. The lowest BCUT2D eigenvalue weighted by molar-refractivity contribution is 0.111. The summed E-state index contributed by atoms with van der Waals surface area (Å²) in [4.78, 5) is 10.9. The van der Waals surface area contributed by atoms with Crippen molar-refractivity contribution in [3.05, 3.63) is 33.9 Å². The molecule has 0 saturated heterocycles. The Kier molecular flexibility index (Phi) is 2.19. The summed E-state index contributed by atoms with van der Waals surface area (Å²) < 4.78 is 2.96. The number of halogens is 1. The van der Waals surface area contributed by atoms with E-state index in [2.05, 4.69) is 15.9 Å². The van der Waals surface area contributed by atoms with Gasteiger partial charge in [-0.05, 0) is 30.7 Å². The van der Waals surface area contributed by atoms with Gasteiger partial charge in [-0.2, -0.15) is 0 Å². The molecule has 72 valence electrons. The van der Waals surface area contributed by atoms with Crippen LogP contribution >= 0.6 is 15.9 Å². The number of rotatable bonds is 1. The van der Waals surface area contributed by atoms with Crippen molar-refractivity contribution >= 4 is 33.1 Å². The highest BCUT2D eigenvalue weighted by Crippen LogP contribution is 2.26. The Balaban J connectivity index is 2.94. The number of hydrogen-bond acceptors (Lipinski definition) is 1. The van der Waals surface area contributed by atoms with Gasteiger partial charge in [0.2, 0.25) is 0 Å². The van der Waals surface area contributed by atoms with Crippen LogP contribution in [0, 0.1) is 6.92 Å². The van der Waals surface area contributed by atoms with Crippen LogP contribution in [-0.2, 0) is 7.05 Å². The highest BCUT2D eigenvalue weighted by Gasteiger charge is 2.10. The third-order valence-corrected chi connectivity index (χ3v) is 3.07. The van der Waals surface area contributed by atoms with E-state index in [0.29, 0.717) is 0 Å². The summed E-state index contributed by atoms with van der Waals surface area (Å²) in [5.41, 5.74) is 2.88. The molecule has 0 aliphatic carbocycles. The van der Waals surface area contributed by atoms with Gasteiger partial charge in [-0.25, -0.2) is 0 Å². The standard InChI is InChI=1S/C11H10BrNO/c1-7-9-5-8(12)3-4-10(9)13(2)11(7)6-14/h3-6H,1-2H3. The molecule has 2 aromatic rings. The van der Waals surface area contributed by atoms with Crippen LogP contribution in [-0.4, -0.2) is 10.9 Å². The average Bonchev–Trinajstić information content (AvgIpc) is 2.39. The van der Waals surface area contributed by atoms with E-state index in [1.165, 1.54) is 0 Å². The Bertz CT molecular complexity index is 513. The molecule has 0 unspecified atom stereocenters. The fourth-order valence-corrected chi connectivity index (χ4v) is 2.15. The van der Waals surface area contributed by atoms with E-state index >= 15 is 0 Å². The molecule has 0 saturated carbocycles. The van der Waals surface area contributed by atoms with Crippen LogP contribution < -0.4 is 0 Å². The molecule has 2 rings (SSSR count). The zero-order valence-electron chi connectivity index (χ0n) is 8.04. The largest absolute Gasteiger partial charge is 0.341 e. The van der Waals surface area contributed by atoms with Crippen LogP contribution in [0.1, 0.15) is 16.1 Å². The van der Waals surface area contributed by atoms with E-state index in [9.17, 15) is 4.79 Å². The number of carbonyl (C=O) groups is 1. The Morgan fingerprint density at radius 1 is 1.43 bits per heavy atom. The smallest absolute Gasteiger partial charge is 0.166 e. The molecule has 0 aliphatic heterocycles. The molecule has 0 amide bonds. The van der Waals surface area contributed by atoms with Crippen molar-refractivity contribution in [2.45, 2.75) is 6.92 Å². The van der Waals surface area contributed by atoms with Gasteiger partial charge in [0.15, 0.2) is 6.29 Å². The van der Waals surface area contributed by atoms with E-state index in [1.54, 1.807) is 0 Å². The van der Waals surface area contributed by atoms with Crippen LogP contribution in [0.5, 0.6) is 0 Å². The number of aromatic nitrogens is 1. The molecule has 0 spiro atoms. The molecule has 1 aromatic heterocycles. The molecular formula is C11H10BrNO. The lowest BCUT2D eigenvalue weighted by Gasteiger charge is -1.97. The van der Waals surface area contributed by atoms with Gasteiger partial charge in [-0.15, -0.1) is 0 Å². The summed E-state index contributed by atoms with van der Waals surface area (Å²) in [6, 6.07) is 6.04. The first-order chi connectivity index (χ1) is 6.65. The van der Waals surface area contributed by atoms with E-state index in [4.69, 9.17) is 0 Å². The van der Waals surface area contributed by atoms with Crippen molar-refractivity contribution in [3.63, 3.8) is 0 Å². The van der Waals surface area contributed by atoms with E-state index < -0.39 is 0 Å². The maximum Gasteiger partial charge on any atom is 0.166 e. The lowest BCUT2D eigenvalue weighted by atomic mass is 10.1. The first-order valence-corrected chi connectivity index (χ1v) is 5.14. The number of fused-ring (bicyclic) bond motifs is 1. The minimum atomic E-state index is 0.748. The Morgan fingerprint density at radius 3 is 2.79 bits per heavy atom. The van der Waals surface area contributed by atoms with Crippen LogP contribution in [0.2, 0.25) is 0 Å². The molecule has 3 heteroatoms. The van der Waals surface area contributed by atoms with Crippen LogP contribution in [0.15, 0.2) is 22.7 Å². The van der Waals surface area contributed by atoms with E-state index in [1.807, 2.05) is 36.7 Å². The first kappa shape index (κ1) is 9.46. The van der Waals surface area contributed by atoms with Gasteiger partial charge in [0.25, 0.3) is 0 Å². The predicted molar refractivity (Wildman–Crippen MR) is 60.7 cm³/mol. The summed E-state index contributed by atoms with van der Waals surface area (Å²) in [7, 11) is 1.91. The summed E-state index contributed by atoms with van der Waals surface area (Å²) in [6.07, 6.45) is 0.906. The molecule has 1 aromatic carbocycles. The number of nitrogens with zero attached hydrogens (tertiary/aromatic N) is 1. The van der Waals surface area contributed by atoms with Gasteiger partial charge in [0.1, 0.15) is 0 Å². The maximum absolute atomic E-state index is 10.9. The Hall–Kier alpha value is -1.09. The fraction of sp³-hybridized carbons (Fsp3) is 0.182. The number of aldehydes is 1. The van der Waals surface area contributed by atoms with Crippen LogP contribution in [0.3, 0.4) is 0 Å². The second kappa shape index (κ2) is 3.24.